The molecule has 0 aromatic heterocycles. The Bertz CT molecular complexity index is 742. The van der Waals surface area contributed by atoms with Gasteiger partial charge in [0.15, 0.2) is 0 Å². The minimum Gasteiger partial charge on any atom is -0.351 e. The first-order chi connectivity index (χ1) is 12.7. The predicted octanol–water partition coefficient (Wildman–Crippen LogP) is 1.57. The van der Waals surface area contributed by atoms with Crippen LogP contribution in [-0.4, -0.2) is 56.0 Å². The van der Waals surface area contributed by atoms with E-state index in [1.54, 1.807) is 36.4 Å². The first-order valence-electron chi connectivity index (χ1n) is 8.91. The van der Waals surface area contributed by atoms with Crippen molar-refractivity contribution in [2.24, 2.45) is 0 Å². The average molecular weight is 352 g/mol. The van der Waals surface area contributed by atoms with E-state index in [0.29, 0.717) is 23.4 Å². The molecular weight excluding hydrogens is 328 g/mol. The van der Waals surface area contributed by atoms with E-state index in [9.17, 15) is 9.59 Å². The molecule has 136 valence electrons. The number of para-hydroxylation sites is 1. The Morgan fingerprint density at radius 2 is 1.62 bits per heavy atom. The number of hydrogen-bond acceptors (Lipinski definition) is 4. The molecule has 0 atom stereocenters. The fourth-order valence-corrected chi connectivity index (χ4v) is 2.93. The second kappa shape index (κ2) is 9.12. The van der Waals surface area contributed by atoms with Crippen LogP contribution >= 0.6 is 0 Å². The van der Waals surface area contributed by atoms with E-state index in [4.69, 9.17) is 0 Å². The monoisotopic (exact) mass is 352 g/mol. The van der Waals surface area contributed by atoms with Gasteiger partial charge in [-0.1, -0.05) is 30.3 Å². The van der Waals surface area contributed by atoms with E-state index >= 15 is 0 Å². The van der Waals surface area contributed by atoms with E-state index in [0.717, 1.165) is 32.7 Å². The minimum absolute atomic E-state index is 0.177. The largest absolute Gasteiger partial charge is 0.351 e. The first-order valence-corrected chi connectivity index (χ1v) is 8.91. The molecule has 3 rings (SSSR count). The van der Waals surface area contributed by atoms with E-state index in [2.05, 4.69) is 20.9 Å². The highest BCUT2D eigenvalue weighted by Crippen LogP contribution is 2.16. The van der Waals surface area contributed by atoms with Crippen molar-refractivity contribution in [2.45, 2.75) is 0 Å². The van der Waals surface area contributed by atoms with Crippen molar-refractivity contribution in [1.29, 1.82) is 0 Å². The molecular formula is C20H24N4O2. The molecule has 1 saturated heterocycles. The molecule has 0 aliphatic carbocycles. The van der Waals surface area contributed by atoms with Crippen LogP contribution in [0.2, 0.25) is 0 Å². The van der Waals surface area contributed by atoms with Crippen molar-refractivity contribution in [2.75, 3.05) is 44.6 Å². The Labute approximate surface area is 153 Å². The van der Waals surface area contributed by atoms with Crippen molar-refractivity contribution in [3.05, 3.63) is 65.7 Å². The van der Waals surface area contributed by atoms with Gasteiger partial charge in [0.05, 0.1) is 11.3 Å². The third kappa shape index (κ3) is 4.91. The Hall–Kier alpha value is -2.70. The zero-order valence-corrected chi connectivity index (χ0v) is 14.7. The summed E-state index contributed by atoms with van der Waals surface area (Å²) in [4.78, 5) is 27.2. The minimum atomic E-state index is -0.230. The summed E-state index contributed by atoms with van der Waals surface area (Å²) in [5.41, 5.74) is 1.54. The fourth-order valence-electron chi connectivity index (χ4n) is 2.93. The van der Waals surface area contributed by atoms with Crippen molar-refractivity contribution >= 4 is 17.5 Å². The van der Waals surface area contributed by atoms with Crippen LogP contribution in [0.1, 0.15) is 20.7 Å². The number of anilines is 1. The summed E-state index contributed by atoms with van der Waals surface area (Å²) in [7, 11) is 0. The molecule has 6 heteroatoms. The molecule has 3 N–H and O–H groups in total. The summed E-state index contributed by atoms with van der Waals surface area (Å²) in [6, 6.07) is 16.0. The molecule has 6 nitrogen and oxygen atoms in total. The molecule has 2 aromatic carbocycles. The maximum absolute atomic E-state index is 12.5. The van der Waals surface area contributed by atoms with Crippen LogP contribution in [-0.2, 0) is 0 Å². The SMILES string of the molecule is O=C(Nc1ccccc1C(=O)NCCN1CCNCC1)c1ccccc1. The molecule has 0 radical (unpaired) electrons. The lowest BCUT2D eigenvalue weighted by Crippen LogP contribution is -2.46. The van der Waals surface area contributed by atoms with E-state index in [1.807, 2.05) is 18.2 Å². The number of nitrogens with zero attached hydrogens (tertiary/aromatic N) is 1. The molecule has 0 bridgehead atoms. The molecule has 1 fully saturated rings. The number of carbonyl (C=O) groups is 2. The lowest BCUT2D eigenvalue weighted by atomic mass is 10.1. The molecule has 1 heterocycles. The molecule has 0 unspecified atom stereocenters. The Morgan fingerprint density at radius 1 is 0.923 bits per heavy atom. The summed E-state index contributed by atoms with van der Waals surface area (Å²) in [5, 5.41) is 9.09. The van der Waals surface area contributed by atoms with E-state index in [-0.39, 0.29) is 11.8 Å². The van der Waals surface area contributed by atoms with Gasteiger partial charge in [-0.15, -0.1) is 0 Å². The summed E-state index contributed by atoms with van der Waals surface area (Å²) in [6.07, 6.45) is 0. The number of nitrogens with one attached hydrogen (secondary N) is 3. The Kier molecular flexibility index (Phi) is 6.35. The smallest absolute Gasteiger partial charge is 0.255 e. The topological polar surface area (TPSA) is 73.5 Å². The molecule has 2 amide bonds. The van der Waals surface area contributed by atoms with Crippen LogP contribution in [0, 0.1) is 0 Å². The Balaban J connectivity index is 1.59. The van der Waals surface area contributed by atoms with Crippen LogP contribution in [0.3, 0.4) is 0 Å². The van der Waals surface area contributed by atoms with Gasteiger partial charge in [-0.05, 0) is 24.3 Å². The number of carbonyl (C=O) groups excluding carboxylic acids is 2. The van der Waals surface area contributed by atoms with Gasteiger partial charge in [0.1, 0.15) is 0 Å². The van der Waals surface area contributed by atoms with Gasteiger partial charge in [-0.25, -0.2) is 0 Å². The lowest BCUT2D eigenvalue weighted by molar-refractivity contribution is 0.0948. The first kappa shape index (κ1) is 18.1. The van der Waals surface area contributed by atoms with Crippen LogP contribution in [0.25, 0.3) is 0 Å². The molecule has 26 heavy (non-hydrogen) atoms. The normalized spacial score (nSPS) is 14.6. The average Bonchev–Trinajstić information content (AvgIpc) is 2.70. The van der Waals surface area contributed by atoms with Crippen LogP contribution in [0.15, 0.2) is 54.6 Å². The highest BCUT2D eigenvalue weighted by Gasteiger charge is 2.14. The standard InChI is InChI=1S/C20H24N4O2/c25-19(16-6-2-1-3-7-16)23-18-9-5-4-8-17(18)20(26)22-12-15-24-13-10-21-11-14-24/h1-9,21H,10-15H2,(H,22,26)(H,23,25). The van der Waals surface area contributed by atoms with Crippen LogP contribution < -0.4 is 16.0 Å². The lowest BCUT2D eigenvalue weighted by Gasteiger charge is -2.27. The van der Waals surface area contributed by atoms with Gasteiger partial charge < -0.3 is 16.0 Å². The molecule has 1 aliphatic heterocycles. The summed E-state index contributed by atoms with van der Waals surface area (Å²) >= 11 is 0. The fraction of sp³-hybridized carbons (Fsp3) is 0.300. The van der Waals surface area contributed by atoms with Gasteiger partial charge in [-0.3, -0.25) is 14.5 Å². The third-order valence-electron chi connectivity index (χ3n) is 4.38. The van der Waals surface area contributed by atoms with Crippen LogP contribution in [0.5, 0.6) is 0 Å². The second-order valence-electron chi connectivity index (χ2n) is 6.21. The van der Waals surface area contributed by atoms with Crippen molar-refractivity contribution in [1.82, 2.24) is 15.5 Å². The van der Waals surface area contributed by atoms with E-state index < -0.39 is 0 Å². The van der Waals surface area contributed by atoms with Crippen molar-refractivity contribution in [3.8, 4) is 0 Å². The highest BCUT2D eigenvalue weighted by molar-refractivity contribution is 6.08. The number of piperazine rings is 1. The van der Waals surface area contributed by atoms with Crippen LogP contribution in [0.4, 0.5) is 5.69 Å². The maximum atomic E-state index is 12.5. The number of hydrogen-bond donors (Lipinski definition) is 3. The molecule has 0 saturated carbocycles. The van der Waals surface area contributed by atoms with Gasteiger partial charge in [0.25, 0.3) is 11.8 Å². The summed E-state index contributed by atoms with van der Waals surface area (Å²) < 4.78 is 0. The number of rotatable bonds is 6. The van der Waals surface area contributed by atoms with Crippen molar-refractivity contribution < 1.29 is 9.59 Å². The van der Waals surface area contributed by atoms with E-state index in [1.165, 1.54) is 0 Å². The molecule has 2 aromatic rings. The second-order valence-corrected chi connectivity index (χ2v) is 6.21. The van der Waals surface area contributed by atoms with Crippen molar-refractivity contribution in [3.63, 3.8) is 0 Å². The Morgan fingerprint density at radius 3 is 2.38 bits per heavy atom. The van der Waals surface area contributed by atoms with Gasteiger partial charge in [0, 0.05) is 44.8 Å². The molecule has 1 aliphatic rings. The zero-order valence-electron chi connectivity index (χ0n) is 14.7. The van der Waals surface area contributed by atoms with Gasteiger partial charge in [0.2, 0.25) is 0 Å². The quantitative estimate of drug-likeness (QED) is 0.738. The number of amides is 2. The number of benzene rings is 2. The summed E-state index contributed by atoms with van der Waals surface area (Å²) in [6.45, 7) is 5.38. The zero-order chi connectivity index (χ0) is 18.2. The van der Waals surface area contributed by atoms with Gasteiger partial charge >= 0.3 is 0 Å². The highest BCUT2D eigenvalue weighted by atomic mass is 16.2. The third-order valence-corrected chi connectivity index (χ3v) is 4.38. The molecule has 0 spiro atoms. The van der Waals surface area contributed by atoms with Gasteiger partial charge in [-0.2, -0.15) is 0 Å². The maximum Gasteiger partial charge on any atom is 0.255 e. The predicted molar refractivity (Wildman–Crippen MR) is 102 cm³/mol. The summed E-state index contributed by atoms with van der Waals surface area (Å²) in [5.74, 6) is -0.407.